The normalized spacial score (nSPS) is 22.9. The molecule has 2 unspecified atom stereocenters. The maximum atomic E-state index is 11.4. The lowest BCUT2D eigenvalue weighted by atomic mass is 9.71. The van der Waals surface area contributed by atoms with E-state index >= 15 is 0 Å². The number of hydrogen-bond acceptors (Lipinski definition) is 2. The van der Waals surface area contributed by atoms with Gasteiger partial charge in [0.1, 0.15) is 11.7 Å². The van der Waals surface area contributed by atoms with Crippen LogP contribution in [0.25, 0.3) is 0 Å². The summed E-state index contributed by atoms with van der Waals surface area (Å²) >= 11 is 0. The topological polar surface area (TPSA) is 40.9 Å². The second-order valence-electron chi connectivity index (χ2n) is 9.52. The summed E-state index contributed by atoms with van der Waals surface area (Å²) in [5.41, 5.74) is -0.731. The highest BCUT2D eigenvalue weighted by Gasteiger charge is 2.30. The van der Waals surface area contributed by atoms with Crippen LogP contribution in [-0.4, -0.2) is 6.29 Å². The zero-order valence-corrected chi connectivity index (χ0v) is 19.2. The van der Waals surface area contributed by atoms with Crippen molar-refractivity contribution in [2.45, 2.75) is 130 Å². The van der Waals surface area contributed by atoms with Gasteiger partial charge in [0.05, 0.1) is 6.07 Å². The van der Waals surface area contributed by atoms with E-state index in [-0.39, 0.29) is 0 Å². The van der Waals surface area contributed by atoms with Crippen LogP contribution in [0.3, 0.4) is 0 Å². The predicted molar refractivity (Wildman–Crippen MR) is 120 cm³/mol. The van der Waals surface area contributed by atoms with E-state index in [2.05, 4.69) is 19.9 Å². The zero-order valence-electron chi connectivity index (χ0n) is 19.2. The molecule has 0 aromatic heterocycles. The Labute approximate surface area is 175 Å². The molecule has 0 aromatic rings. The summed E-state index contributed by atoms with van der Waals surface area (Å²) in [6.45, 7) is 6.55. The van der Waals surface area contributed by atoms with Gasteiger partial charge in [-0.3, -0.25) is 0 Å². The van der Waals surface area contributed by atoms with Crippen LogP contribution in [0.2, 0.25) is 0 Å². The second kappa shape index (κ2) is 15.1. The summed E-state index contributed by atoms with van der Waals surface area (Å²) in [7, 11) is 0. The molecular weight excluding hydrogens is 342 g/mol. The molecule has 0 radical (unpaired) electrons. The van der Waals surface area contributed by atoms with E-state index in [9.17, 15) is 10.1 Å². The van der Waals surface area contributed by atoms with Crippen molar-refractivity contribution in [3.63, 3.8) is 0 Å². The summed E-state index contributed by atoms with van der Waals surface area (Å²) in [6, 6.07) is 2.28. The van der Waals surface area contributed by atoms with E-state index in [0.29, 0.717) is 6.42 Å². The maximum Gasteiger partial charge on any atom is 0.140 e. The van der Waals surface area contributed by atoms with Gasteiger partial charge in [0, 0.05) is 0 Å². The molecule has 1 aliphatic carbocycles. The molecule has 0 heterocycles. The number of aldehydes is 1. The van der Waals surface area contributed by atoms with Crippen LogP contribution in [0.1, 0.15) is 130 Å². The summed E-state index contributed by atoms with van der Waals surface area (Å²) in [5, 5.41) is 9.40. The van der Waals surface area contributed by atoms with Crippen molar-refractivity contribution >= 4 is 6.29 Å². The molecule has 1 aliphatic rings. The molecule has 28 heavy (non-hydrogen) atoms. The fourth-order valence-electron chi connectivity index (χ4n) is 5.23. The van der Waals surface area contributed by atoms with Crippen LogP contribution in [0.5, 0.6) is 0 Å². The molecule has 0 aromatic carbocycles. The number of hydrogen-bond donors (Lipinski definition) is 0. The van der Waals surface area contributed by atoms with E-state index in [0.717, 1.165) is 36.9 Å². The quantitative estimate of drug-likeness (QED) is 0.197. The Bertz CT molecular complexity index is 432. The molecule has 0 saturated heterocycles. The van der Waals surface area contributed by atoms with Gasteiger partial charge >= 0.3 is 0 Å². The lowest BCUT2D eigenvalue weighted by molar-refractivity contribution is -0.114. The van der Waals surface area contributed by atoms with Gasteiger partial charge in [-0.15, -0.1) is 0 Å². The third-order valence-corrected chi connectivity index (χ3v) is 7.48. The third kappa shape index (κ3) is 9.11. The Kier molecular flexibility index (Phi) is 13.6. The van der Waals surface area contributed by atoms with Gasteiger partial charge in [0.15, 0.2) is 0 Å². The fourth-order valence-corrected chi connectivity index (χ4v) is 5.23. The molecule has 0 aliphatic heterocycles. The smallest absolute Gasteiger partial charge is 0.140 e. The van der Waals surface area contributed by atoms with Crippen molar-refractivity contribution in [1.82, 2.24) is 0 Å². The number of nitrogens with zero attached hydrogens (tertiary/aromatic N) is 1. The number of carbonyl (C=O) groups excluding carboxylic acids is 1. The summed E-state index contributed by atoms with van der Waals surface area (Å²) in [6.07, 6.45) is 22.7. The first-order chi connectivity index (χ1) is 13.6. The molecule has 1 saturated carbocycles. The number of carbonyl (C=O) groups is 1. The molecule has 2 heteroatoms. The Morgan fingerprint density at radius 3 is 2.14 bits per heavy atom. The van der Waals surface area contributed by atoms with E-state index in [4.69, 9.17) is 0 Å². The van der Waals surface area contributed by atoms with Gasteiger partial charge in [0.2, 0.25) is 0 Å². The highest BCUT2D eigenvalue weighted by molar-refractivity contribution is 5.63. The summed E-state index contributed by atoms with van der Waals surface area (Å²) in [4.78, 5) is 11.4. The van der Waals surface area contributed by atoms with Crippen LogP contribution in [0.4, 0.5) is 0 Å². The lowest BCUT2D eigenvalue weighted by Gasteiger charge is -2.34. The van der Waals surface area contributed by atoms with Crippen LogP contribution in [-0.2, 0) is 4.79 Å². The summed E-state index contributed by atoms with van der Waals surface area (Å²) < 4.78 is 0. The van der Waals surface area contributed by atoms with Crippen molar-refractivity contribution < 1.29 is 4.79 Å². The van der Waals surface area contributed by atoms with Gasteiger partial charge in [-0.2, -0.15) is 5.26 Å². The minimum Gasteiger partial charge on any atom is -0.302 e. The Morgan fingerprint density at radius 1 is 0.929 bits per heavy atom. The van der Waals surface area contributed by atoms with Gasteiger partial charge in [0.25, 0.3) is 0 Å². The molecular formula is C26H47NO. The standard InChI is InChI=1S/C26H47NO/c1-4-7-9-10-11-13-23-16-18-25(19-17-23)24(14-8-5-2)15-12-20-26(6-3,21-27)22-28/h22-25H,4-20H2,1-3H3. The first-order valence-electron chi connectivity index (χ1n) is 12.5. The number of nitriles is 1. The highest BCUT2D eigenvalue weighted by Crippen LogP contribution is 2.40. The van der Waals surface area contributed by atoms with Crippen molar-refractivity contribution in [2.75, 3.05) is 0 Å². The van der Waals surface area contributed by atoms with Crippen molar-refractivity contribution in [2.24, 2.45) is 23.2 Å². The van der Waals surface area contributed by atoms with Crippen LogP contribution < -0.4 is 0 Å². The fraction of sp³-hybridized carbons (Fsp3) is 0.923. The van der Waals surface area contributed by atoms with E-state index in [1.165, 1.54) is 89.9 Å². The lowest BCUT2D eigenvalue weighted by Crippen LogP contribution is -2.24. The SMILES string of the molecule is CCCCCCCC1CCC(C(CCCC)CCCC(C#N)(C=O)CC)CC1. The molecule has 2 atom stereocenters. The minimum atomic E-state index is -0.731. The average molecular weight is 390 g/mol. The van der Waals surface area contributed by atoms with Crippen molar-refractivity contribution in [3.05, 3.63) is 0 Å². The van der Waals surface area contributed by atoms with Crippen molar-refractivity contribution in [1.29, 1.82) is 5.26 Å². The van der Waals surface area contributed by atoms with E-state index in [1.54, 1.807) is 0 Å². The van der Waals surface area contributed by atoms with Crippen LogP contribution in [0, 0.1) is 34.5 Å². The second-order valence-corrected chi connectivity index (χ2v) is 9.52. The molecule has 162 valence electrons. The van der Waals surface area contributed by atoms with E-state index < -0.39 is 5.41 Å². The first kappa shape index (κ1) is 25.2. The molecule has 0 bridgehead atoms. The zero-order chi connectivity index (χ0) is 20.7. The number of unbranched alkanes of at least 4 members (excludes halogenated alkanes) is 5. The maximum absolute atomic E-state index is 11.4. The molecule has 2 nitrogen and oxygen atoms in total. The van der Waals surface area contributed by atoms with Gasteiger partial charge in [-0.1, -0.05) is 104 Å². The molecule has 0 spiro atoms. The minimum absolute atomic E-state index is 0.649. The van der Waals surface area contributed by atoms with Gasteiger partial charge in [-0.25, -0.2) is 0 Å². The molecule has 1 fully saturated rings. The average Bonchev–Trinajstić information content (AvgIpc) is 2.74. The van der Waals surface area contributed by atoms with Gasteiger partial charge in [-0.05, 0) is 43.4 Å². The third-order valence-electron chi connectivity index (χ3n) is 7.48. The Hall–Kier alpha value is -0.840. The Morgan fingerprint density at radius 2 is 1.57 bits per heavy atom. The summed E-state index contributed by atoms with van der Waals surface area (Å²) in [5.74, 6) is 2.67. The largest absolute Gasteiger partial charge is 0.302 e. The highest BCUT2D eigenvalue weighted by atomic mass is 16.1. The van der Waals surface area contributed by atoms with Crippen LogP contribution in [0.15, 0.2) is 0 Å². The van der Waals surface area contributed by atoms with Crippen LogP contribution >= 0.6 is 0 Å². The predicted octanol–water partition coefficient (Wildman–Crippen LogP) is 8.25. The molecule has 1 rings (SSSR count). The molecule has 0 amide bonds. The van der Waals surface area contributed by atoms with Gasteiger partial charge < -0.3 is 4.79 Å². The van der Waals surface area contributed by atoms with Crippen molar-refractivity contribution in [3.8, 4) is 6.07 Å². The monoisotopic (exact) mass is 389 g/mol. The first-order valence-corrected chi connectivity index (χ1v) is 12.5. The number of rotatable bonds is 16. The Balaban J connectivity index is 2.40. The van der Waals surface area contributed by atoms with E-state index in [1.807, 2.05) is 6.92 Å². The molecule has 0 N–H and O–H groups in total.